The first-order valence-electron chi connectivity index (χ1n) is 8.95. The van der Waals surface area contributed by atoms with Crippen molar-refractivity contribution in [1.82, 2.24) is 20.1 Å². The van der Waals surface area contributed by atoms with Crippen molar-refractivity contribution in [3.63, 3.8) is 0 Å². The number of benzene rings is 2. The predicted molar refractivity (Wildman–Crippen MR) is 112 cm³/mol. The molecular weight excluding hydrogens is 438 g/mol. The standard InChI is InChI=1S/C20H18BrN5O3/c1-11-22-17-8-5-14(21)9-16(17)20(29)25(11)23-19-10-18(26(24-19)12(2)27)13-3-6-15(28)7-4-13/h3-9,18,28H,10H2,1-2H3,(H,23,24). The molecule has 2 aromatic carbocycles. The van der Waals surface area contributed by atoms with E-state index in [1.165, 1.54) is 16.6 Å². The molecule has 2 heterocycles. The van der Waals surface area contributed by atoms with Crippen molar-refractivity contribution in [2.45, 2.75) is 26.3 Å². The first kappa shape index (κ1) is 19.1. The van der Waals surface area contributed by atoms with Gasteiger partial charge in [0.05, 0.1) is 16.9 Å². The maximum Gasteiger partial charge on any atom is 0.282 e. The fourth-order valence-electron chi connectivity index (χ4n) is 3.36. The number of aryl methyl sites for hydroxylation is 1. The van der Waals surface area contributed by atoms with E-state index in [9.17, 15) is 14.7 Å². The molecule has 1 aliphatic heterocycles. The zero-order chi connectivity index (χ0) is 20.7. The number of nitrogens with one attached hydrogen (secondary N) is 1. The van der Waals surface area contributed by atoms with E-state index >= 15 is 0 Å². The number of hydrogen-bond donors (Lipinski definition) is 2. The van der Waals surface area contributed by atoms with Crippen LogP contribution in [-0.4, -0.2) is 31.5 Å². The largest absolute Gasteiger partial charge is 0.508 e. The highest BCUT2D eigenvalue weighted by Crippen LogP contribution is 2.29. The number of hydrogen-bond acceptors (Lipinski definition) is 5. The molecule has 0 spiro atoms. The summed E-state index contributed by atoms with van der Waals surface area (Å²) in [6.45, 7) is 3.16. The number of phenols is 1. The summed E-state index contributed by atoms with van der Waals surface area (Å²) in [6.07, 6.45) is 0.396. The minimum Gasteiger partial charge on any atom is -0.508 e. The van der Waals surface area contributed by atoms with Gasteiger partial charge in [-0.25, -0.2) is 9.99 Å². The molecular formula is C20H18BrN5O3. The van der Waals surface area contributed by atoms with Crippen molar-refractivity contribution in [3.8, 4) is 5.75 Å². The molecule has 1 unspecified atom stereocenters. The molecule has 2 N–H and O–H groups in total. The van der Waals surface area contributed by atoms with E-state index in [-0.39, 0.29) is 23.3 Å². The lowest BCUT2D eigenvalue weighted by molar-refractivity contribution is -0.132. The molecule has 1 saturated heterocycles. The summed E-state index contributed by atoms with van der Waals surface area (Å²) in [6, 6.07) is 11.7. The zero-order valence-electron chi connectivity index (χ0n) is 15.8. The van der Waals surface area contributed by atoms with Crippen LogP contribution in [0, 0.1) is 6.92 Å². The van der Waals surface area contributed by atoms with Crippen molar-refractivity contribution in [1.29, 1.82) is 0 Å². The fraction of sp³-hybridized carbons (Fsp3) is 0.200. The number of hydrazine groups is 1. The maximum absolute atomic E-state index is 13.0. The Balaban J connectivity index is 1.76. The summed E-state index contributed by atoms with van der Waals surface area (Å²) in [7, 11) is 0. The predicted octanol–water partition coefficient (Wildman–Crippen LogP) is 2.83. The van der Waals surface area contributed by atoms with Crippen molar-refractivity contribution < 1.29 is 9.90 Å². The van der Waals surface area contributed by atoms with Crippen LogP contribution in [0.4, 0.5) is 0 Å². The van der Waals surface area contributed by atoms with Crippen molar-refractivity contribution in [2.75, 3.05) is 0 Å². The van der Waals surface area contributed by atoms with Crippen LogP contribution in [0.5, 0.6) is 5.75 Å². The SMILES string of the molecule is CC(=O)N1N/C(=N\n2c(C)nc3ccc(Br)cc3c2=O)CC1c1ccc(O)cc1. The minimum atomic E-state index is -0.301. The number of aromatic hydroxyl groups is 1. The van der Waals surface area contributed by atoms with Gasteiger partial charge in [0.1, 0.15) is 17.4 Å². The average Bonchev–Trinajstić information content (AvgIpc) is 3.11. The van der Waals surface area contributed by atoms with Crippen molar-refractivity contribution >= 4 is 38.6 Å². The molecule has 0 radical (unpaired) electrons. The van der Waals surface area contributed by atoms with Crippen LogP contribution in [0.2, 0.25) is 0 Å². The molecule has 1 aliphatic rings. The van der Waals surface area contributed by atoms with Gasteiger partial charge in [-0.15, -0.1) is 5.10 Å². The van der Waals surface area contributed by atoms with E-state index in [1.54, 1.807) is 43.3 Å². The Kier molecular flexibility index (Phi) is 4.83. The van der Waals surface area contributed by atoms with Crippen LogP contribution < -0.4 is 11.0 Å². The van der Waals surface area contributed by atoms with E-state index < -0.39 is 0 Å². The van der Waals surface area contributed by atoms with Gasteiger partial charge in [0.25, 0.3) is 5.56 Å². The number of carbonyl (C=O) groups excluding carboxylic acids is 1. The van der Waals surface area contributed by atoms with Crippen molar-refractivity contribution in [3.05, 3.63) is 68.7 Å². The van der Waals surface area contributed by atoms with Crippen LogP contribution in [0.25, 0.3) is 10.9 Å². The van der Waals surface area contributed by atoms with Gasteiger partial charge < -0.3 is 5.11 Å². The fourth-order valence-corrected chi connectivity index (χ4v) is 3.72. The topological polar surface area (TPSA) is 99.8 Å². The van der Waals surface area contributed by atoms with Gasteiger partial charge in [-0.2, -0.15) is 4.68 Å². The molecule has 3 aromatic rings. The Labute approximate surface area is 174 Å². The van der Waals surface area contributed by atoms with E-state index in [1.807, 2.05) is 6.07 Å². The molecule has 0 aliphatic carbocycles. The van der Waals surface area contributed by atoms with E-state index in [2.05, 4.69) is 31.4 Å². The van der Waals surface area contributed by atoms with Gasteiger partial charge in [-0.05, 0) is 42.8 Å². The summed E-state index contributed by atoms with van der Waals surface area (Å²) < 4.78 is 2.02. The number of halogens is 1. The molecule has 29 heavy (non-hydrogen) atoms. The second kappa shape index (κ2) is 7.32. The van der Waals surface area contributed by atoms with Crippen LogP contribution >= 0.6 is 15.9 Å². The Morgan fingerprint density at radius 1 is 1.28 bits per heavy atom. The second-order valence-electron chi connectivity index (χ2n) is 6.80. The third-order valence-corrected chi connectivity index (χ3v) is 5.25. The lowest BCUT2D eigenvalue weighted by Gasteiger charge is -2.22. The number of carbonyl (C=O) groups is 1. The molecule has 4 rings (SSSR count). The lowest BCUT2D eigenvalue weighted by Crippen LogP contribution is -2.39. The van der Waals surface area contributed by atoms with Crippen LogP contribution in [0.3, 0.4) is 0 Å². The van der Waals surface area contributed by atoms with Gasteiger partial charge >= 0.3 is 0 Å². The number of nitrogens with zero attached hydrogens (tertiary/aromatic N) is 4. The maximum atomic E-state index is 13.0. The molecule has 0 bridgehead atoms. The quantitative estimate of drug-likeness (QED) is 0.618. The van der Waals surface area contributed by atoms with Crippen molar-refractivity contribution in [2.24, 2.45) is 5.10 Å². The second-order valence-corrected chi connectivity index (χ2v) is 7.71. The molecule has 1 atom stereocenters. The van der Waals surface area contributed by atoms with E-state index in [0.717, 1.165) is 10.0 Å². The van der Waals surface area contributed by atoms with Gasteiger partial charge in [0.2, 0.25) is 5.91 Å². The monoisotopic (exact) mass is 455 g/mol. The van der Waals surface area contributed by atoms with Gasteiger partial charge in [-0.3, -0.25) is 15.0 Å². The normalized spacial score (nSPS) is 17.7. The molecule has 8 nitrogen and oxygen atoms in total. The minimum absolute atomic E-state index is 0.151. The number of amides is 1. The molecule has 1 fully saturated rings. The van der Waals surface area contributed by atoms with E-state index in [0.29, 0.717) is 29.0 Å². The number of rotatable bonds is 2. The Hall–Kier alpha value is -3.20. The van der Waals surface area contributed by atoms with Crippen LogP contribution in [-0.2, 0) is 4.79 Å². The molecule has 148 valence electrons. The molecule has 1 amide bonds. The number of amidine groups is 1. The van der Waals surface area contributed by atoms with Gasteiger partial charge in [-0.1, -0.05) is 28.1 Å². The van der Waals surface area contributed by atoms with Crippen LogP contribution in [0.1, 0.15) is 30.8 Å². The highest BCUT2D eigenvalue weighted by Gasteiger charge is 2.32. The van der Waals surface area contributed by atoms with Gasteiger partial charge in [0.15, 0.2) is 0 Å². The zero-order valence-corrected chi connectivity index (χ0v) is 17.3. The number of fused-ring (bicyclic) bond motifs is 1. The molecule has 1 aromatic heterocycles. The van der Waals surface area contributed by atoms with Crippen LogP contribution in [0.15, 0.2) is 56.8 Å². The molecule has 9 heteroatoms. The number of aromatic nitrogens is 2. The lowest BCUT2D eigenvalue weighted by atomic mass is 10.0. The highest BCUT2D eigenvalue weighted by molar-refractivity contribution is 9.10. The molecule has 0 saturated carbocycles. The summed E-state index contributed by atoms with van der Waals surface area (Å²) in [5.41, 5.74) is 4.15. The summed E-state index contributed by atoms with van der Waals surface area (Å²) in [4.78, 5) is 29.5. The number of phenolic OH excluding ortho intramolecular Hbond substituents is 1. The Morgan fingerprint density at radius 2 is 2.00 bits per heavy atom. The van der Waals surface area contributed by atoms with E-state index in [4.69, 9.17) is 0 Å². The first-order valence-corrected chi connectivity index (χ1v) is 9.75. The smallest absolute Gasteiger partial charge is 0.282 e. The Morgan fingerprint density at radius 3 is 2.69 bits per heavy atom. The summed E-state index contributed by atoms with van der Waals surface area (Å²) in [5, 5.41) is 15.9. The first-order chi connectivity index (χ1) is 13.8. The van der Waals surface area contributed by atoms with Gasteiger partial charge in [0, 0.05) is 17.8 Å². The summed E-state index contributed by atoms with van der Waals surface area (Å²) in [5.74, 6) is 0.887. The average molecular weight is 456 g/mol. The third-order valence-electron chi connectivity index (χ3n) is 4.76. The Bertz CT molecular complexity index is 1200. The summed E-state index contributed by atoms with van der Waals surface area (Å²) >= 11 is 3.37. The highest BCUT2D eigenvalue weighted by atomic mass is 79.9. The third kappa shape index (κ3) is 3.61.